The van der Waals surface area contributed by atoms with Crippen molar-refractivity contribution in [1.29, 1.82) is 0 Å². The number of oxime groups is 1. The van der Waals surface area contributed by atoms with Gasteiger partial charge in [0.1, 0.15) is 5.04 Å². The summed E-state index contributed by atoms with van der Waals surface area (Å²) in [5, 5.41) is 7.30. The molecule has 0 heterocycles. The number of carbonyl (C=O) groups is 1. The summed E-state index contributed by atoms with van der Waals surface area (Å²) in [6, 6.07) is 7.13. The van der Waals surface area contributed by atoms with Crippen LogP contribution < -0.4 is 5.32 Å². The monoisotopic (exact) mass is 258 g/mol. The molecule has 6 heteroatoms. The van der Waals surface area contributed by atoms with Crippen LogP contribution in [-0.2, 0) is 4.84 Å². The third kappa shape index (κ3) is 3.75. The minimum Gasteiger partial charge on any atom is -0.323 e. The minimum absolute atomic E-state index is 0.597. The molecule has 0 aromatic heterocycles. The van der Waals surface area contributed by atoms with Crippen molar-refractivity contribution >= 4 is 34.5 Å². The molecule has 0 atom stereocenters. The van der Waals surface area contributed by atoms with Gasteiger partial charge in [-0.1, -0.05) is 28.9 Å². The lowest BCUT2D eigenvalue weighted by atomic mass is 10.2. The third-order valence-corrected chi connectivity index (χ3v) is 2.65. The summed E-state index contributed by atoms with van der Waals surface area (Å²) in [5.74, 6) is 0. The second-order valence-corrected chi connectivity index (χ2v) is 3.97. The zero-order chi connectivity index (χ0) is 12.0. The van der Waals surface area contributed by atoms with Gasteiger partial charge in [0, 0.05) is 17.6 Å². The van der Waals surface area contributed by atoms with Crippen LogP contribution in [0.3, 0.4) is 0 Å². The van der Waals surface area contributed by atoms with Crippen LogP contribution in [0.2, 0.25) is 5.02 Å². The summed E-state index contributed by atoms with van der Waals surface area (Å²) < 4.78 is 0. The Morgan fingerprint density at radius 3 is 2.56 bits per heavy atom. The summed E-state index contributed by atoms with van der Waals surface area (Å²) >= 11 is 7.15. The molecular weight excluding hydrogens is 248 g/mol. The van der Waals surface area contributed by atoms with Crippen molar-refractivity contribution in [3.05, 3.63) is 34.9 Å². The number of nitrogens with zero attached hydrogens (tertiary/aromatic N) is 1. The van der Waals surface area contributed by atoms with E-state index < -0.39 is 6.09 Å². The number of benzene rings is 1. The number of thioether (sulfide) groups is 1. The fraction of sp³-hybridized carbons (Fsp3) is 0.200. The molecule has 0 saturated heterocycles. The molecule has 0 aliphatic carbocycles. The molecule has 1 aromatic carbocycles. The molecule has 86 valence electrons. The molecule has 0 bridgehead atoms. The lowest BCUT2D eigenvalue weighted by molar-refractivity contribution is 0.153. The van der Waals surface area contributed by atoms with Gasteiger partial charge in [0.2, 0.25) is 0 Å². The number of hydrogen-bond donors (Lipinski definition) is 1. The fourth-order valence-corrected chi connectivity index (χ4v) is 1.54. The van der Waals surface area contributed by atoms with Crippen LogP contribution >= 0.6 is 23.4 Å². The van der Waals surface area contributed by atoms with E-state index in [0.717, 1.165) is 5.56 Å². The van der Waals surface area contributed by atoms with Crippen LogP contribution in [0, 0.1) is 0 Å². The Bertz CT molecular complexity index is 392. The zero-order valence-electron chi connectivity index (χ0n) is 8.86. The van der Waals surface area contributed by atoms with E-state index in [1.54, 1.807) is 12.1 Å². The van der Waals surface area contributed by atoms with Crippen molar-refractivity contribution in [2.75, 3.05) is 13.3 Å². The first-order valence-electron chi connectivity index (χ1n) is 4.44. The van der Waals surface area contributed by atoms with Gasteiger partial charge in [0.15, 0.2) is 0 Å². The largest absolute Gasteiger partial charge is 0.433 e. The highest BCUT2D eigenvalue weighted by atomic mass is 35.5. The molecule has 1 aromatic rings. The normalized spacial score (nSPS) is 11.1. The molecule has 0 saturated carbocycles. The highest BCUT2D eigenvalue weighted by Gasteiger charge is 2.04. The number of nitrogens with one attached hydrogen (secondary N) is 1. The summed E-state index contributed by atoms with van der Waals surface area (Å²) in [4.78, 5) is 15.5. The van der Waals surface area contributed by atoms with E-state index in [1.807, 2.05) is 18.4 Å². The van der Waals surface area contributed by atoms with Gasteiger partial charge < -0.3 is 5.32 Å². The van der Waals surface area contributed by atoms with E-state index in [9.17, 15) is 4.79 Å². The average molecular weight is 259 g/mol. The maximum absolute atomic E-state index is 10.8. The molecule has 1 amide bonds. The first-order valence-corrected chi connectivity index (χ1v) is 6.04. The Hall–Kier alpha value is -1.20. The molecule has 16 heavy (non-hydrogen) atoms. The molecule has 0 fully saturated rings. The summed E-state index contributed by atoms with van der Waals surface area (Å²) in [6.45, 7) is 0. The van der Waals surface area contributed by atoms with Crippen LogP contribution in [0.4, 0.5) is 4.79 Å². The summed E-state index contributed by atoms with van der Waals surface area (Å²) in [6.07, 6.45) is 1.25. The second kappa shape index (κ2) is 6.40. The van der Waals surface area contributed by atoms with Gasteiger partial charge in [-0.05, 0) is 18.4 Å². The number of halogens is 1. The average Bonchev–Trinajstić information content (AvgIpc) is 2.31. The van der Waals surface area contributed by atoms with E-state index in [0.29, 0.717) is 10.1 Å². The van der Waals surface area contributed by atoms with Crippen molar-refractivity contribution < 1.29 is 9.63 Å². The van der Waals surface area contributed by atoms with Gasteiger partial charge in [-0.3, -0.25) is 4.84 Å². The molecule has 0 spiro atoms. The summed E-state index contributed by atoms with van der Waals surface area (Å²) in [5.41, 5.74) is 0.848. The zero-order valence-corrected chi connectivity index (χ0v) is 10.4. The Balaban J connectivity index is 2.81. The first kappa shape index (κ1) is 12.9. The van der Waals surface area contributed by atoms with Gasteiger partial charge in [-0.25, -0.2) is 4.79 Å². The molecule has 0 radical (unpaired) electrons. The van der Waals surface area contributed by atoms with E-state index >= 15 is 0 Å². The van der Waals surface area contributed by atoms with E-state index in [-0.39, 0.29) is 0 Å². The van der Waals surface area contributed by atoms with Gasteiger partial charge in [0.05, 0.1) is 0 Å². The number of carbonyl (C=O) groups excluding carboxylic acids is 1. The Morgan fingerprint density at radius 1 is 1.44 bits per heavy atom. The first-order chi connectivity index (χ1) is 7.67. The smallest absolute Gasteiger partial charge is 0.323 e. The maximum Gasteiger partial charge on any atom is 0.433 e. The predicted octanol–water partition coefficient (Wildman–Crippen LogP) is 2.72. The van der Waals surface area contributed by atoms with Crippen molar-refractivity contribution in [3.63, 3.8) is 0 Å². The highest BCUT2D eigenvalue weighted by Crippen LogP contribution is 2.15. The van der Waals surface area contributed by atoms with Crippen LogP contribution in [-0.4, -0.2) is 24.4 Å². The number of rotatable bonds is 2. The maximum atomic E-state index is 10.8. The molecule has 0 unspecified atom stereocenters. The third-order valence-electron chi connectivity index (χ3n) is 1.70. The van der Waals surface area contributed by atoms with Gasteiger partial charge >= 0.3 is 6.09 Å². The van der Waals surface area contributed by atoms with Gasteiger partial charge in [-0.2, -0.15) is 0 Å². The molecule has 1 rings (SSSR count). The molecule has 1 N–H and O–H groups in total. The number of amides is 1. The topological polar surface area (TPSA) is 50.7 Å². The Labute approximate surface area is 103 Å². The number of hydrogen-bond acceptors (Lipinski definition) is 4. The lowest BCUT2D eigenvalue weighted by Crippen LogP contribution is -2.17. The standard InChI is InChI=1S/C10H11ClN2O2S/c1-12-10(14)15-13-9(16-2)7-3-5-8(11)6-4-7/h3-6H,1-2H3,(H,12,14)/b13-9-. The van der Waals surface area contributed by atoms with Crippen molar-refractivity contribution in [1.82, 2.24) is 5.32 Å². The minimum atomic E-state index is -0.597. The van der Waals surface area contributed by atoms with Crippen LogP contribution in [0.15, 0.2) is 29.4 Å². The second-order valence-electron chi connectivity index (χ2n) is 2.74. The molecule has 4 nitrogen and oxygen atoms in total. The van der Waals surface area contributed by atoms with Crippen LogP contribution in [0.25, 0.3) is 0 Å². The Morgan fingerprint density at radius 2 is 2.06 bits per heavy atom. The van der Waals surface area contributed by atoms with E-state index in [1.165, 1.54) is 18.8 Å². The van der Waals surface area contributed by atoms with E-state index in [4.69, 9.17) is 11.6 Å². The van der Waals surface area contributed by atoms with Crippen molar-refractivity contribution in [2.45, 2.75) is 0 Å². The SMILES string of the molecule is CNC(=O)O/N=C(\SC)c1ccc(Cl)cc1. The quantitative estimate of drug-likeness (QED) is 0.384. The molecular formula is C10H11ClN2O2S. The van der Waals surface area contributed by atoms with Crippen LogP contribution in [0.5, 0.6) is 0 Å². The lowest BCUT2D eigenvalue weighted by Gasteiger charge is -2.02. The van der Waals surface area contributed by atoms with Gasteiger partial charge in [0.25, 0.3) is 0 Å². The predicted molar refractivity (Wildman–Crippen MR) is 67.0 cm³/mol. The van der Waals surface area contributed by atoms with E-state index in [2.05, 4.69) is 15.3 Å². The van der Waals surface area contributed by atoms with Crippen molar-refractivity contribution in [2.24, 2.45) is 5.16 Å². The van der Waals surface area contributed by atoms with Gasteiger partial charge in [-0.15, -0.1) is 11.8 Å². The molecule has 0 aliphatic heterocycles. The Kier molecular flexibility index (Phi) is 5.14. The van der Waals surface area contributed by atoms with Crippen molar-refractivity contribution in [3.8, 4) is 0 Å². The molecule has 0 aliphatic rings. The van der Waals surface area contributed by atoms with Crippen LogP contribution in [0.1, 0.15) is 5.56 Å². The fourth-order valence-electron chi connectivity index (χ4n) is 0.929. The highest BCUT2D eigenvalue weighted by molar-refractivity contribution is 8.13. The summed E-state index contributed by atoms with van der Waals surface area (Å²) in [7, 11) is 1.47.